The van der Waals surface area contributed by atoms with Gasteiger partial charge in [-0.25, -0.2) is 4.79 Å². The molecule has 1 aromatic heterocycles. The summed E-state index contributed by atoms with van der Waals surface area (Å²) in [6.07, 6.45) is -2.25. The molecule has 1 heterocycles. The Morgan fingerprint density at radius 3 is 2.85 bits per heavy atom. The van der Waals surface area contributed by atoms with Crippen molar-refractivity contribution in [3.05, 3.63) is 53.7 Å². The highest BCUT2D eigenvalue weighted by Crippen LogP contribution is 2.38. The number of aromatic amines is 1. The molecule has 3 N–H and O–H groups in total. The molecule has 4 rings (SSSR count). The van der Waals surface area contributed by atoms with Gasteiger partial charge in [-0.05, 0) is 42.2 Å². The Balaban J connectivity index is 1.50. The number of hydrogen-bond acceptors (Lipinski definition) is 3. The zero-order valence-corrected chi connectivity index (χ0v) is 13.9. The Morgan fingerprint density at radius 1 is 1.22 bits per heavy atom. The molecular formula is C18H15F3N4O2. The van der Waals surface area contributed by atoms with Crippen molar-refractivity contribution in [3.63, 3.8) is 0 Å². The van der Waals surface area contributed by atoms with Crippen LogP contribution in [0.25, 0.3) is 10.9 Å². The first kappa shape index (κ1) is 17.2. The quantitative estimate of drug-likeness (QED) is 0.639. The SMILES string of the molecule is O=C(Nc1cccc2[nH]ncc12)NC1CCc2c(OC(F)(F)F)cccc21. The Kier molecular flexibility index (Phi) is 4.14. The number of alkyl halides is 3. The average molecular weight is 376 g/mol. The monoisotopic (exact) mass is 376 g/mol. The minimum Gasteiger partial charge on any atom is -0.405 e. The summed E-state index contributed by atoms with van der Waals surface area (Å²) >= 11 is 0. The predicted molar refractivity (Wildman–Crippen MR) is 92.4 cm³/mol. The van der Waals surface area contributed by atoms with Crippen LogP contribution in [-0.2, 0) is 6.42 Å². The largest absolute Gasteiger partial charge is 0.573 e. The summed E-state index contributed by atoms with van der Waals surface area (Å²) in [7, 11) is 0. The van der Waals surface area contributed by atoms with Crippen LogP contribution in [0.15, 0.2) is 42.6 Å². The van der Waals surface area contributed by atoms with E-state index in [9.17, 15) is 18.0 Å². The normalized spacial score (nSPS) is 16.2. The van der Waals surface area contributed by atoms with Crippen molar-refractivity contribution in [1.29, 1.82) is 0 Å². The third kappa shape index (κ3) is 3.53. The van der Waals surface area contributed by atoms with Gasteiger partial charge in [0.15, 0.2) is 0 Å². The van der Waals surface area contributed by atoms with Gasteiger partial charge in [0.25, 0.3) is 0 Å². The van der Waals surface area contributed by atoms with Gasteiger partial charge in [0.1, 0.15) is 5.75 Å². The molecule has 1 aliphatic rings. The summed E-state index contributed by atoms with van der Waals surface area (Å²) < 4.78 is 41.7. The van der Waals surface area contributed by atoms with Gasteiger partial charge in [-0.3, -0.25) is 5.10 Å². The molecule has 3 aromatic rings. The number of nitrogens with zero attached hydrogens (tertiary/aromatic N) is 1. The number of fused-ring (bicyclic) bond motifs is 2. The molecule has 0 radical (unpaired) electrons. The van der Waals surface area contributed by atoms with Crippen molar-refractivity contribution < 1.29 is 22.7 Å². The van der Waals surface area contributed by atoms with E-state index in [2.05, 4.69) is 25.6 Å². The Morgan fingerprint density at radius 2 is 2.04 bits per heavy atom. The fourth-order valence-electron chi connectivity index (χ4n) is 3.38. The smallest absolute Gasteiger partial charge is 0.405 e. The Labute approximate surface area is 151 Å². The molecule has 6 nitrogen and oxygen atoms in total. The second-order valence-corrected chi connectivity index (χ2v) is 6.20. The number of halogens is 3. The number of rotatable bonds is 3. The highest BCUT2D eigenvalue weighted by Gasteiger charge is 2.34. The van der Waals surface area contributed by atoms with Gasteiger partial charge in [-0.15, -0.1) is 13.2 Å². The number of benzene rings is 2. The molecule has 2 aromatic carbocycles. The molecule has 0 saturated carbocycles. The lowest BCUT2D eigenvalue weighted by Gasteiger charge is -2.16. The molecule has 2 amide bonds. The van der Waals surface area contributed by atoms with Crippen molar-refractivity contribution in [3.8, 4) is 5.75 Å². The zero-order valence-electron chi connectivity index (χ0n) is 13.9. The van der Waals surface area contributed by atoms with Gasteiger partial charge in [-0.1, -0.05) is 18.2 Å². The number of nitrogens with one attached hydrogen (secondary N) is 3. The lowest BCUT2D eigenvalue weighted by molar-refractivity contribution is -0.274. The highest BCUT2D eigenvalue weighted by atomic mass is 19.4. The van der Waals surface area contributed by atoms with Crippen LogP contribution in [0.5, 0.6) is 5.75 Å². The van der Waals surface area contributed by atoms with Crippen molar-refractivity contribution in [2.24, 2.45) is 0 Å². The minimum absolute atomic E-state index is 0.215. The number of ether oxygens (including phenoxy) is 1. The molecular weight excluding hydrogens is 361 g/mol. The summed E-state index contributed by atoms with van der Waals surface area (Å²) in [5, 5.41) is 13.1. The molecule has 140 valence electrons. The van der Waals surface area contributed by atoms with Gasteiger partial charge >= 0.3 is 12.4 Å². The number of carbonyl (C=O) groups is 1. The maximum absolute atomic E-state index is 12.6. The second kappa shape index (κ2) is 6.49. The van der Waals surface area contributed by atoms with Crippen LogP contribution in [-0.4, -0.2) is 22.6 Å². The zero-order chi connectivity index (χ0) is 19.0. The second-order valence-electron chi connectivity index (χ2n) is 6.20. The van der Waals surface area contributed by atoms with Crippen LogP contribution in [0.4, 0.5) is 23.7 Å². The van der Waals surface area contributed by atoms with Crippen LogP contribution in [0.2, 0.25) is 0 Å². The number of carbonyl (C=O) groups excluding carboxylic acids is 1. The first-order chi connectivity index (χ1) is 12.9. The molecule has 0 spiro atoms. The summed E-state index contributed by atoms with van der Waals surface area (Å²) in [6, 6.07) is 9.01. The van der Waals surface area contributed by atoms with Crippen LogP contribution in [0.1, 0.15) is 23.6 Å². The van der Waals surface area contributed by atoms with E-state index >= 15 is 0 Å². The van der Waals surface area contributed by atoms with Crippen molar-refractivity contribution in [1.82, 2.24) is 15.5 Å². The first-order valence-electron chi connectivity index (χ1n) is 8.28. The van der Waals surface area contributed by atoms with Crippen LogP contribution in [0, 0.1) is 0 Å². The predicted octanol–water partition coefficient (Wildman–Crippen LogP) is 4.27. The average Bonchev–Trinajstić information content (AvgIpc) is 3.22. The van der Waals surface area contributed by atoms with Gasteiger partial charge in [0.2, 0.25) is 0 Å². The molecule has 0 fully saturated rings. The van der Waals surface area contributed by atoms with E-state index in [1.807, 2.05) is 6.07 Å². The van der Waals surface area contributed by atoms with Crippen molar-refractivity contribution >= 4 is 22.6 Å². The summed E-state index contributed by atoms with van der Waals surface area (Å²) in [5.41, 5.74) is 2.48. The van der Waals surface area contributed by atoms with E-state index in [0.717, 1.165) is 10.9 Å². The molecule has 0 aliphatic heterocycles. The van der Waals surface area contributed by atoms with Gasteiger partial charge in [0, 0.05) is 5.39 Å². The van der Waals surface area contributed by atoms with E-state index < -0.39 is 12.4 Å². The molecule has 1 aliphatic carbocycles. The van der Waals surface area contributed by atoms with Crippen LogP contribution >= 0.6 is 0 Å². The van der Waals surface area contributed by atoms with Gasteiger partial charge in [0.05, 0.1) is 23.4 Å². The molecule has 0 saturated heterocycles. The van der Waals surface area contributed by atoms with Gasteiger partial charge in [-0.2, -0.15) is 5.10 Å². The van der Waals surface area contributed by atoms with Crippen LogP contribution < -0.4 is 15.4 Å². The van der Waals surface area contributed by atoms with Crippen molar-refractivity contribution in [2.45, 2.75) is 25.2 Å². The number of H-pyrrole nitrogens is 1. The van der Waals surface area contributed by atoms with E-state index in [1.54, 1.807) is 24.4 Å². The number of hydrogen-bond donors (Lipinski definition) is 3. The molecule has 9 heteroatoms. The van der Waals surface area contributed by atoms with Gasteiger partial charge < -0.3 is 15.4 Å². The standard InChI is InChI=1S/C18H15F3N4O2/c19-18(20,21)27-16-6-1-3-10-11(16)7-8-14(10)24-17(26)23-13-4-2-5-15-12(13)9-22-25-15/h1-6,9,14H,7-8H2,(H,22,25)(H2,23,24,26). The maximum Gasteiger partial charge on any atom is 0.573 e. The fraction of sp³-hybridized carbons (Fsp3) is 0.222. The number of amides is 2. The highest BCUT2D eigenvalue weighted by molar-refractivity contribution is 6.00. The number of urea groups is 1. The molecule has 0 bridgehead atoms. The molecule has 1 atom stereocenters. The molecule has 1 unspecified atom stereocenters. The van der Waals surface area contributed by atoms with E-state index in [4.69, 9.17) is 0 Å². The maximum atomic E-state index is 12.6. The number of aromatic nitrogens is 2. The third-order valence-corrected chi connectivity index (χ3v) is 4.49. The minimum atomic E-state index is -4.75. The number of anilines is 1. The van der Waals surface area contributed by atoms with E-state index in [0.29, 0.717) is 29.7 Å². The summed E-state index contributed by atoms with van der Waals surface area (Å²) in [6.45, 7) is 0. The summed E-state index contributed by atoms with van der Waals surface area (Å²) in [4.78, 5) is 12.4. The third-order valence-electron chi connectivity index (χ3n) is 4.49. The topological polar surface area (TPSA) is 79.0 Å². The van der Waals surface area contributed by atoms with E-state index in [1.165, 1.54) is 12.1 Å². The van der Waals surface area contributed by atoms with E-state index in [-0.39, 0.29) is 11.8 Å². The van der Waals surface area contributed by atoms with Crippen LogP contribution in [0.3, 0.4) is 0 Å². The molecule has 27 heavy (non-hydrogen) atoms. The fourth-order valence-corrected chi connectivity index (χ4v) is 3.38. The Bertz CT molecular complexity index is 1000. The lowest BCUT2D eigenvalue weighted by Crippen LogP contribution is -2.31. The van der Waals surface area contributed by atoms with Crippen molar-refractivity contribution in [2.75, 3.05) is 5.32 Å². The Hall–Kier alpha value is -3.23. The summed E-state index contributed by atoms with van der Waals surface area (Å²) in [5.74, 6) is -0.215. The first-order valence-corrected chi connectivity index (χ1v) is 8.28. The lowest BCUT2D eigenvalue weighted by atomic mass is 10.1.